The van der Waals surface area contributed by atoms with Crippen molar-refractivity contribution in [1.82, 2.24) is 20.4 Å². The lowest BCUT2D eigenvalue weighted by atomic mass is 9.88. The van der Waals surface area contributed by atoms with E-state index in [1.807, 2.05) is 26.0 Å². The predicted molar refractivity (Wildman–Crippen MR) is 149 cm³/mol. The normalized spacial score (nSPS) is 22.8. The number of ether oxygens (including phenoxy) is 1. The molecule has 2 fully saturated rings. The minimum Gasteiger partial charge on any atom is -0.379 e. The van der Waals surface area contributed by atoms with Crippen molar-refractivity contribution in [2.24, 2.45) is 11.8 Å². The second kappa shape index (κ2) is 12.5. The predicted octanol–water partition coefficient (Wildman–Crippen LogP) is 2.47. The molecule has 2 heterocycles. The SMILES string of the molecule is CC(C)C[C@@H]1C(=O)N[C@H](C2Cc3ccccc3C2)C(=O)N1[C@@H](C(=O)NCCN1CCOCC1)c1ccc(F)cc1. The molecule has 40 heavy (non-hydrogen) atoms. The van der Waals surface area contributed by atoms with Gasteiger partial charge in [0, 0.05) is 26.2 Å². The van der Waals surface area contributed by atoms with Gasteiger partial charge in [0.05, 0.1) is 13.2 Å². The fourth-order valence-electron chi connectivity index (χ4n) is 6.22. The van der Waals surface area contributed by atoms with E-state index in [4.69, 9.17) is 4.74 Å². The minimum atomic E-state index is -1.06. The maximum atomic E-state index is 14.3. The molecule has 5 rings (SSSR count). The number of hydrogen-bond donors (Lipinski definition) is 2. The fourth-order valence-corrected chi connectivity index (χ4v) is 6.22. The van der Waals surface area contributed by atoms with Crippen molar-refractivity contribution in [2.45, 2.75) is 51.2 Å². The van der Waals surface area contributed by atoms with Crippen molar-refractivity contribution in [3.05, 3.63) is 71.0 Å². The molecule has 1 aliphatic carbocycles. The number of nitrogens with one attached hydrogen (secondary N) is 2. The first-order chi connectivity index (χ1) is 19.3. The van der Waals surface area contributed by atoms with Crippen LogP contribution in [-0.4, -0.2) is 79.0 Å². The summed E-state index contributed by atoms with van der Waals surface area (Å²) in [5.41, 5.74) is 2.85. The number of rotatable bonds is 9. The highest BCUT2D eigenvalue weighted by Gasteiger charge is 2.49. The molecule has 2 aromatic carbocycles. The average Bonchev–Trinajstić information content (AvgIpc) is 3.38. The summed E-state index contributed by atoms with van der Waals surface area (Å²) in [6.45, 7) is 7.93. The van der Waals surface area contributed by atoms with Crippen molar-refractivity contribution < 1.29 is 23.5 Å². The highest BCUT2D eigenvalue weighted by Crippen LogP contribution is 2.35. The topological polar surface area (TPSA) is 91.0 Å². The first-order valence-corrected chi connectivity index (χ1v) is 14.3. The number of fused-ring (bicyclic) bond motifs is 1. The summed E-state index contributed by atoms with van der Waals surface area (Å²) in [5, 5.41) is 6.04. The molecule has 0 spiro atoms. The lowest BCUT2D eigenvalue weighted by Gasteiger charge is -2.45. The van der Waals surface area contributed by atoms with Crippen LogP contribution in [0.25, 0.3) is 0 Å². The maximum absolute atomic E-state index is 14.3. The van der Waals surface area contributed by atoms with E-state index >= 15 is 0 Å². The zero-order valence-corrected chi connectivity index (χ0v) is 23.3. The number of halogens is 1. The standard InChI is InChI=1S/C31H39FN4O4/c1-20(2)17-26-29(37)34-27(24-18-22-5-3-4-6-23(22)19-24)31(39)36(26)28(21-7-9-25(32)10-8-21)30(38)33-11-12-35-13-15-40-16-14-35/h3-10,20,24,26-28H,11-19H2,1-2H3,(H,33,38)(H,34,37)/t26-,27-,28-/m1/s1. The smallest absolute Gasteiger partial charge is 0.247 e. The fraction of sp³-hybridized carbons (Fsp3) is 0.516. The molecule has 0 saturated carbocycles. The number of benzene rings is 2. The summed E-state index contributed by atoms with van der Waals surface area (Å²) in [7, 11) is 0. The van der Waals surface area contributed by atoms with Gasteiger partial charge in [-0.05, 0) is 59.9 Å². The molecule has 214 valence electrons. The third-order valence-electron chi connectivity index (χ3n) is 8.25. The van der Waals surface area contributed by atoms with Gasteiger partial charge in [-0.3, -0.25) is 19.3 Å². The highest BCUT2D eigenvalue weighted by atomic mass is 19.1. The summed E-state index contributed by atoms with van der Waals surface area (Å²) in [4.78, 5) is 45.6. The average molecular weight is 551 g/mol. The third-order valence-corrected chi connectivity index (χ3v) is 8.25. The number of morpholine rings is 1. The second-order valence-electron chi connectivity index (χ2n) is 11.5. The van der Waals surface area contributed by atoms with Crippen LogP contribution in [0, 0.1) is 17.7 Å². The number of carbonyl (C=O) groups excluding carboxylic acids is 3. The van der Waals surface area contributed by atoms with E-state index in [1.165, 1.54) is 40.3 Å². The zero-order chi connectivity index (χ0) is 28.2. The van der Waals surface area contributed by atoms with Crippen molar-refractivity contribution in [3.8, 4) is 0 Å². The van der Waals surface area contributed by atoms with Gasteiger partial charge in [0.25, 0.3) is 0 Å². The Kier molecular flexibility index (Phi) is 8.81. The first-order valence-electron chi connectivity index (χ1n) is 14.3. The van der Waals surface area contributed by atoms with E-state index in [0.717, 1.165) is 13.1 Å². The van der Waals surface area contributed by atoms with Crippen LogP contribution in [-0.2, 0) is 32.0 Å². The van der Waals surface area contributed by atoms with Crippen LogP contribution in [0.15, 0.2) is 48.5 Å². The maximum Gasteiger partial charge on any atom is 0.247 e. The molecule has 2 aromatic rings. The molecule has 0 bridgehead atoms. The Hall–Kier alpha value is -3.30. The number of hydrogen-bond acceptors (Lipinski definition) is 5. The summed E-state index contributed by atoms with van der Waals surface area (Å²) in [6, 6.07) is 11.1. The van der Waals surface area contributed by atoms with E-state index in [1.54, 1.807) is 0 Å². The van der Waals surface area contributed by atoms with Gasteiger partial charge in [-0.1, -0.05) is 50.2 Å². The summed E-state index contributed by atoms with van der Waals surface area (Å²) in [6.07, 6.45) is 1.78. The van der Waals surface area contributed by atoms with Crippen molar-refractivity contribution >= 4 is 17.7 Å². The van der Waals surface area contributed by atoms with Crippen LogP contribution in [0.5, 0.6) is 0 Å². The van der Waals surface area contributed by atoms with Crippen LogP contribution in [0.2, 0.25) is 0 Å². The van der Waals surface area contributed by atoms with Gasteiger partial charge in [-0.15, -0.1) is 0 Å². The molecule has 0 aromatic heterocycles. The molecule has 3 aliphatic rings. The van der Waals surface area contributed by atoms with Crippen LogP contribution in [0.1, 0.15) is 43.0 Å². The number of carbonyl (C=O) groups is 3. The molecule has 9 heteroatoms. The van der Waals surface area contributed by atoms with Crippen molar-refractivity contribution in [2.75, 3.05) is 39.4 Å². The van der Waals surface area contributed by atoms with Crippen LogP contribution < -0.4 is 10.6 Å². The van der Waals surface area contributed by atoms with Crippen LogP contribution in [0.4, 0.5) is 4.39 Å². The molecule has 0 radical (unpaired) electrons. The number of amides is 3. The Morgan fingerprint density at radius 3 is 2.33 bits per heavy atom. The van der Waals surface area contributed by atoms with Crippen LogP contribution >= 0.6 is 0 Å². The lowest BCUT2D eigenvalue weighted by molar-refractivity contribution is -0.157. The molecule has 0 unspecified atom stereocenters. The Labute approximate surface area is 235 Å². The highest BCUT2D eigenvalue weighted by molar-refractivity contribution is 6.00. The third kappa shape index (κ3) is 6.20. The van der Waals surface area contributed by atoms with Crippen molar-refractivity contribution in [1.29, 1.82) is 0 Å². The summed E-state index contributed by atoms with van der Waals surface area (Å²) >= 11 is 0. The first kappa shape index (κ1) is 28.2. The molecule has 2 N–H and O–H groups in total. The molecule has 3 atom stereocenters. The Morgan fingerprint density at radius 2 is 1.70 bits per heavy atom. The van der Waals surface area contributed by atoms with Gasteiger partial charge in [0.15, 0.2) is 0 Å². The molecular formula is C31H39FN4O4. The summed E-state index contributed by atoms with van der Waals surface area (Å²) in [5.74, 6) is -1.31. The molecule has 8 nitrogen and oxygen atoms in total. The second-order valence-corrected chi connectivity index (χ2v) is 11.5. The van der Waals surface area contributed by atoms with E-state index in [0.29, 0.717) is 51.1 Å². The lowest BCUT2D eigenvalue weighted by Crippen LogP contribution is -2.67. The number of piperazine rings is 1. The largest absolute Gasteiger partial charge is 0.379 e. The van der Waals surface area contributed by atoms with E-state index in [2.05, 4.69) is 27.7 Å². The van der Waals surface area contributed by atoms with Crippen molar-refractivity contribution in [3.63, 3.8) is 0 Å². The Bertz CT molecular complexity index is 1190. The van der Waals surface area contributed by atoms with E-state index in [9.17, 15) is 18.8 Å². The Balaban J connectivity index is 1.44. The van der Waals surface area contributed by atoms with Gasteiger partial charge < -0.3 is 20.3 Å². The quantitative estimate of drug-likeness (QED) is 0.501. The Morgan fingerprint density at radius 1 is 1.05 bits per heavy atom. The molecular weight excluding hydrogens is 511 g/mol. The number of nitrogens with zero attached hydrogens (tertiary/aromatic N) is 2. The van der Waals surface area contributed by atoms with Crippen LogP contribution in [0.3, 0.4) is 0 Å². The van der Waals surface area contributed by atoms with Gasteiger partial charge in [-0.2, -0.15) is 0 Å². The minimum absolute atomic E-state index is 0.102. The van der Waals surface area contributed by atoms with E-state index < -0.39 is 23.9 Å². The summed E-state index contributed by atoms with van der Waals surface area (Å²) < 4.78 is 19.3. The van der Waals surface area contributed by atoms with Gasteiger partial charge in [0.2, 0.25) is 17.7 Å². The zero-order valence-electron chi connectivity index (χ0n) is 23.3. The van der Waals surface area contributed by atoms with E-state index in [-0.39, 0.29) is 29.6 Å². The monoisotopic (exact) mass is 550 g/mol. The van der Waals surface area contributed by atoms with Gasteiger partial charge in [-0.25, -0.2) is 4.39 Å². The van der Waals surface area contributed by atoms with Gasteiger partial charge >= 0.3 is 0 Å². The molecule has 3 amide bonds. The molecule has 2 aliphatic heterocycles. The van der Waals surface area contributed by atoms with Gasteiger partial charge in [0.1, 0.15) is 23.9 Å². The molecule has 2 saturated heterocycles.